The van der Waals surface area contributed by atoms with Crippen LogP contribution in [0, 0.1) is 0 Å². The second-order valence-electron chi connectivity index (χ2n) is 19.7. The maximum Gasteiger partial charge on any atom is 0.164 e. The number of furan rings is 2. The summed E-state index contributed by atoms with van der Waals surface area (Å²) in [5.74, 6) is 1.67. The predicted octanol–water partition coefficient (Wildman–Crippen LogP) is 18.0. The van der Waals surface area contributed by atoms with Crippen molar-refractivity contribution in [3.8, 4) is 89.8 Å². The zero-order valence-corrected chi connectivity index (χ0v) is 40.3. The lowest BCUT2D eigenvalue weighted by atomic mass is 9.68. The van der Waals surface area contributed by atoms with E-state index in [0.717, 1.165) is 82.8 Å². The third-order valence-corrected chi connectivity index (χ3v) is 15.8. The molecule has 0 amide bonds. The minimum atomic E-state index is -0.462. The summed E-state index contributed by atoms with van der Waals surface area (Å²) in [7, 11) is 0. The number of para-hydroxylation sites is 1. The number of hydrogen-bond donors (Lipinski definition) is 0. The minimum absolute atomic E-state index is 0.462. The van der Waals surface area contributed by atoms with Crippen molar-refractivity contribution < 1.29 is 8.83 Å². The van der Waals surface area contributed by atoms with Crippen LogP contribution in [0.4, 0.5) is 0 Å². The van der Waals surface area contributed by atoms with Crippen molar-refractivity contribution in [1.29, 1.82) is 0 Å². The van der Waals surface area contributed by atoms with Crippen LogP contribution < -0.4 is 0 Å². The van der Waals surface area contributed by atoms with E-state index in [9.17, 15) is 0 Å². The SMILES string of the molecule is c1ccc(-c2cccc(-c3nc(-c4ccc5c(c4)oc4ccccc45)nc(-c4cccc5oc6ccc(-c7cccc(-c8cccc9c8C8(c%10ccccc%10-c%10ccccc%108)c8ccccc8-9)c7)cc6c45)n3)c2)cc1. The van der Waals surface area contributed by atoms with Crippen molar-refractivity contribution >= 4 is 43.9 Å². The normalized spacial score (nSPS) is 12.9. The fourth-order valence-electron chi connectivity index (χ4n) is 12.5. The molecule has 0 radical (unpaired) electrons. The Kier molecular flexibility index (Phi) is 8.89. The van der Waals surface area contributed by atoms with E-state index >= 15 is 0 Å². The Balaban J connectivity index is 0.856. The number of benzene rings is 11. The van der Waals surface area contributed by atoms with Gasteiger partial charge in [0, 0.05) is 38.2 Å². The summed E-state index contributed by atoms with van der Waals surface area (Å²) in [5.41, 5.74) is 22.5. The number of rotatable bonds is 6. The fourth-order valence-corrected chi connectivity index (χ4v) is 12.5. The summed E-state index contributed by atoms with van der Waals surface area (Å²) in [4.78, 5) is 15.8. The van der Waals surface area contributed by atoms with Gasteiger partial charge in [-0.15, -0.1) is 0 Å². The van der Waals surface area contributed by atoms with Gasteiger partial charge in [0.2, 0.25) is 0 Å². The Labute approximate surface area is 431 Å². The molecule has 0 unspecified atom stereocenters. The molecule has 16 rings (SSSR count). The highest BCUT2D eigenvalue weighted by Crippen LogP contribution is 2.64. The molecular weight excluding hydrogens is 915 g/mol. The van der Waals surface area contributed by atoms with E-state index in [-0.39, 0.29) is 0 Å². The number of hydrogen-bond acceptors (Lipinski definition) is 5. The first-order valence-corrected chi connectivity index (χ1v) is 25.5. The summed E-state index contributed by atoms with van der Waals surface area (Å²) in [5, 5.41) is 4.04. The van der Waals surface area contributed by atoms with Crippen molar-refractivity contribution in [2.24, 2.45) is 0 Å². The zero-order chi connectivity index (χ0) is 49.2. The Morgan fingerprint density at radius 2 is 0.720 bits per heavy atom. The maximum absolute atomic E-state index is 6.68. The predicted molar refractivity (Wildman–Crippen MR) is 303 cm³/mol. The summed E-state index contributed by atoms with van der Waals surface area (Å²) in [6.45, 7) is 0. The Bertz CT molecular complexity index is 4610. The zero-order valence-electron chi connectivity index (χ0n) is 40.3. The van der Waals surface area contributed by atoms with Crippen LogP contribution in [-0.2, 0) is 5.41 Å². The van der Waals surface area contributed by atoms with Gasteiger partial charge < -0.3 is 8.83 Å². The molecule has 2 aliphatic rings. The smallest absolute Gasteiger partial charge is 0.164 e. The number of nitrogens with zero attached hydrogens (tertiary/aromatic N) is 3. The molecule has 14 aromatic rings. The summed E-state index contributed by atoms with van der Waals surface area (Å²) in [6.07, 6.45) is 0. The molecule has 0 atom stereocenters. The van der Waals surface area contributed by atoms with Crippen LogP contribution in [0.1, 0.15) is 22.3 Å². The number of aromatic nitrogens is 3. The van der Waals surface area contributed by atoms with E-state index in [1.807, 2.05) is 42.5 Å². The molecule has 0 bridgehead atoms. The molecule has 348 valence electrons. The molecule has 1 spiro atoms. The van der Waals surface area contributed by atoms with Gasteiger partial charge in [-0.1, -0.05) is 200 Å². The van der Waals surface area contributed by atoms with Crippen LogP contribution in [0.5, 0.6) is 0 Å². The van der Waals surface area contributed by atoms with E-state index in [4.69, 9.17) is 23.8 Å². The summed E-state index contributed by atoms with van der Waals surface area (Å²) < 4.78 is 13.1. The van der Waals surface area contributed by atoms with Crippen molar-refractivity contribution in [2.75, 3.05) is 0 Å². The average molecular weight is 956 g/mol. The second kappa shape index (κ2) is 16.0. The lowest BCUT2D eigenvalue weighted by Crippen LogP contribution is -2.26. The van der Waals surface area contributed by atoms with E-state index < -0.39 is 5.41 Å². The van der Waals surface area contributed by atoms with Gasteiger partial charge in [0.25, 0.3) is 0 Å². The van der Waals surface area contributed by atoms with Gasteiger partial charge in [-0.3, -0.25) is 0 Å². The summed E-state index contributed by atoms with van der Waals surface area (Å²) in [6, 6.07) is 88.8. The number of fused-ring (bicyclic) bond motifs is 16. The van der Waals surface area contributed by atoms with Gasteiger partial charge in [-0.25, -0.2) is 15.0 Å². The Morgan fingerprint density at radius 3 is 1.49 bits per heavy atom. The van der Waals surface area contributed by atoms with Crippen molar-refractivity contribution in [2.45, 2.75) is 5.41 Å². The Morgan fingerprint density at radius 1 is 0.253 bits per heavy atom. The van der Waals surface area contributed by atoms with Gasteiger partial charge in [-0.05, 0) is 126 Å². The molecule has 2 aliphatic carbocycles. The molecule has 5 nitrogen and oxygen atoms in total. The molecule has 0 saturated heterocycles. The molecule has 3 aromatic heterocycles. The molecule has 75 heavy (non-hydrogen) atoms. The third kappa shape index (κ3) is 6.16. The second-order valence-corrected chi connectivity index (χ2v) is 19.7. The quantitative estimate of drug-likeness (QED) is 0.166. The van der Waals surface area contributed by atoms with Crippen LogP contribution >= 0.6 is 0 Å². The molecule has 0 N–H and O–H groups in total. The molecule has 5 heteroatoms. The molecular formula is C70H41N3O2. The van der Waals surface area contributed by atoms with E-state index in [1.165, 1.54) is 55.6 Å². The minimum Gasteiger partial charge on any atom is -0.456 e. The van der Waals surface area contributed by atoms with Crippen molar-refractivity contribution in [1.82, 2.24) is 15.0 Å². The molecule has 3 heterocycles. The van der Waals surface area contributed by atoms with E-state index in [1.54, 1.807) is 0 Å². The van der Waals surface area contributed by atoms with Crippen molar-refractivity contribution in [3.05, 3.63) is 271 Å². The Hall–Kier alpha value is -9.97. The highest BCUT2D eigenvalue weighted by Gasteiger charge is 2.52. The highest BCUT2D eigenvalue weighted by molar-refractivity contribution is 6.13. The third-order valence-electron chi connectivity index (χ3n) is 15.8. The monoisotopic (exact) mass is 955 g/mol. The van der Waals surface area contributed by atoms with Gasteiger partial charge in [0.05, 0.1) is 5.41 Å². The lowest BCUT2D eigenvalue weighted by Gasteiger charge is -2.32. The molecule has 11 aromatic carbocycles. The maximum atomic E-state index is 6.68. The summed E-state index contributed by atoms with van der Waals surface area (Å²) >= 11 is 0. The first-order valence-electron chi connectivity index (χ1n) is 25.5. The van der Waals surface area contributed by atoms with Gasteiger partial charge in [0.1, 0.15) is 22.3 Å². The van der Waals surface area contributed by atoms with Gasteiger partial charge in [0.15, 0.2) is 17.5 Å². The lowest BCUT2D eigenvalue weighted by molar-refractivity contribution is 0.668. The van der Waals surface area contributed by atoms with Crippen LogP contribution in [0.2, 0.25) is 0 Å². The van der Waals surface area contributed by atoms with Crippen LogP contribution in [0.3, 0.4) is 0 Å². The van der Waals surface area contributed by atoms with Crippen molar-refractivity contribution in [3.63, 3.8) is 0 Å². The van der Waals surface area contributed by atoms with Gasteiger partial charge in [-0.2, -0.15) is 0 Å². The highest BCUT2D eigenvalue weighted by atomic mass is 16.3. The molecule has 0 fully saturated rings. The topological polar surface area (TPSA) is 65.0 Å². The standard InChI is InChI=1S/C70H41N3O2/c1-2-16-42(17-3-1)43-18-13-21-47(39-43)67-71-68(48-34-36-54-53-25-7-11-32-61(53)75-64(54)41-48)73-69(72-67)56-28-15-33-63-65(56)57-40-45(35-37-62(57)74-63)44-19-12-20-46(38-44)49-26-14-27-55-52-24-6-10-31-60(52)70(66(49)55)58-29-8-4-22-50(58)51-23-5-9-30-59(51)70/h1-41H. The first-order chi connectivity index (χ1) is 37.2. The van der Waals surface area contributed by atoms with Gasteiger partial charge >= 0.3 is 0 Å². The largest absolute Gasteiger partial charge is 0.456 e. The average Bonchev–Trinajstić information content (AvgIpc) is 4.40. The van der Waals surface area contributed by atoms with Crippen LogP contribution in [0.15, 0.2) is 258 Å². The van der Waals surface area contributed by atoms with E-state index in [0.29, 0.717) is 17.5 Å². The first kappa shape index (κ1) is 41.6. The van der Waals surface area contributed by atoms with E-state index in [2.05, 4.69) is 206 Å². The fraction of sp³-hybridized carbons (Fsp3) is 0.0143. The molecule has 0 saturated carbocycles. The molecule has 0 aliphatic heterocycles. The van der Waals surface area contributed by atoms with Crippen LogP contribution in [-0.4, -0.2) is 15.0 Å². The van der Waals surface area contributed by atoms with Crippen LogP contribution in [0.25, 0.3) is 134 Å².